The summed E-state index contributed by atoms with van der Waals surface area (Å²) in [5, 5.41) is 7.98. The average Bonchev–Trinajstić information content (AvgIpc) is 2.32. The third kappa shape index (κ3) is 6.78. The average molecular weight is 308 g/mol. The van der Waals surface area contributed by atoms with Crippen molar-refractivity contribution in [2.75, 3.05) is 12.3 Å². The van der Waals surface area contributed by atoms with Crippen molar-refractivity contribution in [3.8, 4) is 5.75 Å². The lowest BCUT2D eigenvalue weighted by atomic mass is 10.1. The second-order valence-corrected chi connectivity index (χ2v) is 6.08. The first-order valence-corrected chi connectivity index (χ1v) is 7.78. The Balaban J connectivity index is 2.48. The Morgan fingerprint density at radius 3 is 2.70 bits per heavy atom. The van der Waals surface area contributed by atoms with Crippen LogP contribution < -0.4 is 15.2 Å². The van der Waals surface area contributed by atoms with Gasteiger partial charge in [-0.25, -0.2) is 13.6 Å². The van der Waals surface area contributed by atoms with E-state index in [1.165, 1.54) is 12.1 Å². The Labute approximate surface area is 117 Å². The van der Waals surface area contributed by atoms with Crippen molar-refractivity contribution in [2.45, 2.75) is 26.0 Å². The van der Waals surface area contributed by atoms with Gasteiger partial charge in [0.25, 0.3) is 0 Å². The molecule has 0 saturated carbocycles. The number of benzene rings is 1. The molecule has 0 saturated heterocycles. The van der Waals surface area contributed by atoms with Crippen molar-refractivity contribution in [3.63, 3.8) is 0 Å². The van der Waals surface area contributed by atoms with E-state index >= 15 is 0 Å². The van der Waals surface area contributed by atoms with Crippen LogP contribution in [0.4, 0.5) is 8.78 Å². The number of primary sulfonamides is 1. The Morgan fingerprint density at radius 1 is 1.40 bits per heavy atom. The molecule has 0 amide bonds. The molecule has 20 heavy (non-hydrogen) atoms. The molecule has 1 rings (SSSR count). The summed E-state index contributed by atoms with van der Waals surface area (Å²) in [6.45, 7) is -0.557. The minimum absolute atomic E-state index is 0.0932. The topological polar surface area (TPSA) is 81.4 Å². The summed E-state index contributed by atoms with van der Waals surface area (Å²) in [4.78, 5) is 0. The van der Waals surface area contributed by atoms with Crippen molar-refractivity contribution in [2.24, 2.45) is 5.14 Å². The zero-order chi connectivity index (χ0) is 15.2. The van der Waals surface area contributed by atoms with Crippen molar-refractivity contribution in [3.05, 3.63) is 29.8 Å². The fourth-order valence-electron chi connectivity index (χ4n) is 1.67. The zero-order valence-corrected chi connectivity index (χ0v) is 11.9. The summed E-state index contributed by atoms with van der Waals surface area (Å²) >= 11 is 0. The number of halogens is 2. The van der Waals surface area contributed by atoms with Gasteiger partial charge in [0.1, 0.15) is 5.75 Å². The molecular weight excluding hydrogens is 290 g/mol. The quantitative estimate of drug-likeness (QED) is 0.715. The van der Waals surface area contributed by atoms with E-state index in [0.717, 1.165) is 5.56 Å². The molecule has 0 aliphatic heterocycles. The van der Waals surface area contributed by atoms with Crippen LogP contribution in [0.25, 0.3) is 0 Å². The predicted molar refractivity (Wildman–Crippen MR) is 72.1 cm³/mol. The maximum Gasteiger partial charge on any atom is 0.387 e. The highest BCUT2D eigenvalue weighted by molar-refractivity contribution is 7.89. The summed E-state index contributed by atoms with van der Waals surface area (Å²) in [7, 11) is -3.45. The molecule has 114 valence electrons. The molecule has 1 aromatic rings. The molecule has 0 aliphatic rings. The lowest BCUT2D eigenvalue weighted by Crippen LogP contribution is -2.24. The number of hydrogen-bond acceptors (Lipinski definition) is 4. The molecule has 0 spiro atoms. The normalized spacial score (nSPS) is 13.4. The maximum atomic E-state index is 12.1. The molecular formula is C12H18F2N2O3S. The summed E-state index contributed by atoms with van der Waals surface area (Å²) in [5.74, 6) is -0.00275. The molecule has 1 unspecified atom stereocenters. The first kappa shape index (κ1) is 16.8. The molecule has 0 bridgehead atoms. The van der Waals surface area contributed by atoms with Crippen LogP contribution in [0.5, 0.6) is 5.75 Å². The van der Waals surface area contributed by atoms with Gasteiger partial charge in [0.2, 0.25) is 10.0 Å². The number of sulfonamides is 1. The standard InChI is InChI=1S/C12H18F2N2O3S/c1-9(16-6-3-7-20(15,17)18)10-4-2-5-11(8-10)19-12(13)14/h2,4-5,8-9,12,16H,3,6-7H2,1H3,(H2,15,17,18). The molecule has 8 heteroatoms. The Hall–Kier alpha value is -1.25. The highest BCUT2D eigenvalue weighted by atomic mass is 32.2. The van der Waals surface area contributed by atoms with Gasteiger partial charge in [-0.2, -0.15) is 8.78 Å². The van der Waals surface area contributed by atoms with Crippen molar-refractivity contribution in [1.29, 1.82) is 0 Å². The highest BCUT2D eigenvalue weighted by Gasteiger charge is 2.09. The van der Waals surface area contributed by atoms with E-state index in [9.17, 15) is 17.2 Å². The Morgan fingerprint density at radius 2 is 2.10 bits per heavy atom. The van der Waals surface area contributed by atoms with Crippen LogP contribution in [-0.4, -0.2) is 27.3 Å². The Kier molecular flexibility index (Phi) is 6.31. The van der Waals surface area contributed by atoms with Crippen molar-refractivity contribution >= 4 is 10.0 Å². The maximum absolute atomic E-state index is 12.1. The number of rotatable bonds is 8. The van der Waals surface area contributed by atoms with Gasteiger partial charge in [-0.15, -0.1) is 0 Å². The second kappa shape index (κ2) is 7.51. The van der Waals surface area contributed by atoms with Gasteiger partial charge in [0.05, 0.1) is 5.75 Å². The van der Waals surface area contributed by atoms with Gasteiger partial charge in [-0.3, -0.25) is 0 Å². The summed E-state index contributed by atoms with van der Waals surface area (Å²) in [6.07, 6.45) is 0.385. The number of hydrogen-bond donors (Lipinski definition) is 2. The van der Waals surface area contributed by atoms with Gasteiger partial charge in [0, 0.05) is 6.04 Å². The van der Waals surface area contributed by atoms with Crippen LogP contribution in [0.1, 0.15) is 24.9 Å². The molecule has 3 N–H and O–H groups in total. The molecule has 1 aromatic carbocycles. The van der Waals surface area contributed by atoms with E-state index in [2.05, 4.69) is 10.1 Å². The van der Waals surface area contributed by atoms with Gasteiger partial charge < -0.3 is 10.1 Å². The second-order valence-electron chi connectivity index (χ2n) is 4.35. The van der Waals surface area contributed by atoms with Crippen molar-refractivity contribution in [1.82, 2.24) is 5.32 Å². The van der Waals surface area contributed by atoms with E-state index in [1.54, 1.807) is 12.1 Å². The molecule has 0 heterocycles. The highest BCUT2D eigenvalue weighted by Crippen LogP contribution is 2.20. The number of alkyl halides is 2. The first-order valence-electron chi connectivity index (χ1n) is 6.06. The van der Waals surface area contributed by atoms with Crippen LogP contribution in [-0.2, 0) is 10.0 Å². The van der Waals surface area contributed by atoms with Gasteiger partial charge >= 0.3 is 6.61 Å². The lowest BCUT2D eigenvalue weighted by Gasteiger charge is -2.15. The summed E-state index contributed by atoms with van der Waals surface area (Å²) in [5.41, 5.74) is 0.777. The van der Waals surface area contributed by atoms with Crippen LogP contribution in [0, 0.1) is 0 Å². The van der Waals surface area contributed by atoms with Crippen LogP contribution >= 0.6 is 0 Å². The largest absolute Gasteiger partial charge is 0.435 e. The van der Waals surface area contributed by atoms with E-state index < -0.39 is 16.6 Å². The predicted octanol–water partition coefficient (Wildman–Crippen LogP) is 1.62. The molecule has 0 fully saturated rings. The van der Waals surface area contributed by atoms with Gasteiger partial charge in [-0.1, -0.05) is 12.1 Å². The summed E-state index contributed by atoms with van der Waals surface area (Å²) in [6, 6.07) is 6.25. The third-order valence-electron chi connectivity index (χ3n) is 2.64. The Bertz CT molecular complexity index is 523. The SMILES string of the molecule is CC(NCCCS(N)(=O)=O)c1cccc(OC(F)F)c1. The number of nitrogens with one attached hydrogen (secondary N) is 1. The molecule has 0 radical (unpaired) electrons. The molecule has 0 aliphatic carbocycles. The van der Waals surface area contributed by atoms with E-state index in [1.807, 2.05) is 6.92 Å². The number of nitrogens with two attached hydrogens (primary N) is 1. The number of ether oxygens (including phenoxy) is 1. The molecule has 1 atom stereocenters. The zero-order valence-electron chi connectivity index (χ0n) is 11.1. The van der Waals surface area contributed by atoms with Gasteiger partial charge in [-0.05, 0) is 37.6 Å². The van der Waals surface area contributed by atoms with Crippen molar-refractivity contribution < 1.29 is 21.9 Å². The third-order valence-corrected chi connectivity index (χ3v) is 3.50. The van der Waals surface area contributed by atoms with E-state index in [0.29, 0.717) is 13.0 Å². The monoisotopic (exact) mass is 308 g/mol. The fourth-order valence-corrected chi connectivity index (χ4v) is 2.22. The van der Waals surface area contributed by atoms with E-state index in [4.69, 9.17) is 5.14 Å². The van der Waals surface area contributed by atoms with E-state index in [-0.39, 0.29) is 17.5 Å². The van der Waals surface area contributed by atoms with Crippen LogP contribution in [0.2, 0.25) is 0 Å². The van der Waals surface area contributed by atoms with Crippen LogP contribution in [0.3, 0.4) is 0 Å². The lowest BCUT2D eigenvalue weighted by molar-refractivity contribution is -0.0499. The molecule has 0 aromatic heterocycles. The smallest absolute Gasteiger partial charge is 0.387 e. The minimum atomic E-state index is -3.45. The first-order chi connectivity index (χ1) is 9.28. The minimum Gasteiger partial charge on any atom is -0.435 e. The fraction of sp³-hybridized carbons (Fsp3) is 0.500. The summed E-state index contributed by atoms with van der Waals surface area (Å²) < 4.78 is 50.0. The van der Waals surface area contributed by atoms with Crippen LogP contribution in [0.15, 0.2) is 24.3 Å². The van der Waals surface area contributed by atoms with Gasteiger partial charge in [0.15, 0.2) is 0 Å². The molecule has 5 nitrogen and oxygen atoms in total.